The molecule has 0 saturated carbocycles. The van der Waals surface area contributed by atoms with Crippen molar-refractivity contribution in [2.45, 2.75) is 25.3 Å². The molecular weight excluding hydrogens is 311 g/mol. The van der Waals surface area contributed by atoms with Crippen LogP contribution in [0, 0.1) is 12.7 Å². The van der Waals surface area contributed by atoms with Crippen molar-refractivity contribution >= 4 is 27.0 Å². The Morgan fingerprint density at radius 1 is 1.29 bits per heavy atom. The highest BCUT2D eigenvalue weighted by Gasteiger charge is 2.17. The van der Waals surface area contributed by atoms with E-state index in [1.807, 2.05) is 6.92 Å². The topological polar surface area (TPSA) is 58.2 Å². The molecule has 0 radical (unpaired) electrons. The maximum Gasteiger partial charge on any atom is 0.262 e. The molecule has 0 saturated heterocycles. The Kier molecular flexibility index (Phi) is 4.97. The first-order valence-electron chi connectivity index (χ1n) is 6.49. The molecule has 0 aliphatic carbocycles. The molecule has 4 nitrogen and oxygen atoms in total. The minimum atomic E-state index is -3.64. The van der Waals surface area contributed by atoms with Crippen LogP contribution < -0.4 is 10.0 Å². The second kappa shape index (κ2) is 6.55. The maximum absolute atomic E-state index is 13.0. The van der Waals surface area contributed by atoms with E-state index < -0.39 is 10.0 Å². The zero-order valence-corrected chi connectivity index (χ0v) is 13.4. The van der Waals surface area contributed by atoms with Crippen molar-refractivity contribution in [3.63, 3.8) is 0 Å². The lowest BCUT2D eigenvalue weighted by molar-refractivity contribution is 0.601. The zero-order chi connectivity index (χ0) is 15.5. The smallest absolute Gasteiger partial charge is 0.262 e. The Morgan fingerprint density at radius 2 is 2.05 bits per heavy atom. The van der Waals surface area contributed by atoms with Crippen LogP contribution in [0.5, 0.6) is 0 Å². The fraction of sp³-hybridized carbons (Fsp3) is 0.286. The lowest BCUT2D eigenvalue weighted by atomic mass is 10.2. The summed E-state index contributed by atoms with van der Waals surface area (Å²) in [7, 11) is -3.64. The van der Waals surface area contributed by atoms with E-state index in [0.29, 0.717) is 17.8 Å². The van der Waals surface area contributed by atoms with Gasteiger partial charge in [-0.1, -0.05) is 6.92 Å². The summed E-state index contributed by atoms with van der Waals surface area (Å²) >= 11 is 1.39. The molecule has 0 aliphatic rings. The largest absolute Gasteiger partial charge is 0.312 e. The molecule has 1 aromatic heterocycles. The van der Waals surface area contributed by atoms with E-state index in [4.69, 9.17) is 0 Å². The van der Waals surface area contributed by atoms with Crippen molar-refractivity contribution in [2.75, 3.05) is 11.3 Å². The molecule has 0 atom stereocenters. The standard InChI is InChI=1S/C14H17FN2O2S2/c1-3-16-8-12-7-13(9-20-12)21(18,19)17-14-5-4-11(15)6-10(14)2/h4-7,9,16-17H,3,8H2,1-2H3. The number of hydrogen-bond acceptors (Lipinski definition) is 4. The average Bonchev–Trinajstić information content (AvgIpc) is 2.89. The Balaban J connectivity index is 2.19. The Morgan fingerprint density at radius 3 is 2.71 bits per heavy atom. The first-order valence-corrected chi connectivity index (χ1v) is 8.86. The van der Waals surface area contributed by atoms with Gasteiger partial charge in [-0.15, -0.1) is 11.3 Å². The number of anilines is 1. The van der Waals surface area contributed by atoms with E-state index >= 15 is 0 Å². The van der Waals surface area contributed by atoms with Crippen LogP contribution in [-0.4, -0.2) is 15.0 Å². The van der Waals surface area contributed by atoms with Gasteiger partial charge in [0.05, 0.1) is 10.6 Å². The summed E-state index contributed by atoms with van der Waals surface area (Å²) in [5.74, 6) is -0.390. The highest BCUT2D eigenvalue weighted by molar-refractivity contribution is 7.92. The number of nitrogens with one attached hydrogen (secondary N) is 2. The molecule has 2 rings (SSSR count). The fourth-order valence-electron chi connectivity index (χ4n) is 1.79. The number of hydrogen-bond donors (Lipinski definition) is 2. The molecule has 7 heteroatoms. The highest BCUT2D eigenvalue weighted by atomic mass is 32.2. The van der Waals surface area contributed by atoms with Crippen molar-refractivity contribution in [1.82, 2.24) is 5.32 Å². The van der Waals surface area contributed by atoms with Crippen LogP contribution in [0.15, 0.2) is 34.5 Å². The van der Waals surface area contributed by atoms with Crippen LogP contribution in [0.2, 0.25) is 0 Å². The predicted octanol–water partition coefficient (Wildman–Crippen LogP) is 3.11. The molecule has 0 spiro atoms. The van der Waals surface area contributed by atoms with Crippen LogP contribution in [0.25, 0.3) is 0 Å². The first kappa shape index (κ1) is 15.9. The normalized spacial score (nSPS) is 11.6. The van der Waals surface area contributed by atoms with Crippen molar-refractivity contribution in [2.24, 2.45) is 0 Å². The molecule has 0 aliphatic heterocycles. The lowest BCUT2D eigenvalue weighted by Gasteiger charge is -2.09. The van der Waals surface area contributed by atoms with Crippen molar-refractivity contribution in [3.8, 4) is 0 Å². The molecule has 0 fully saturated rings. The molecule has 114 valence electrons. The van der Waals surface area contributed by atoms with E-state index in [0.717, 1.165) is 11.4 Å². The number of rotatable bonds is 6. The van der Waals surface area contributed by atoms with Gasteiger partial charge in [0.2, 0.25) is 0 Å². The van der Waals surface area contributed by atoms with Gasteiger partial charge in [0.1, 0.15) is 5.82 Å². The summed E-state index contributed by atoms with van der Waals surface area (Å²) in [5, 5.41) is 4.75. The lowest BCUT2D eigenvalue weighted by Crippen LogP contribution is -2.13. The predicted molar refractivity (Wildman–Crippen MR) is 83.6 cm³/mol. The SMILES string of the molecule is CCNCc1cc(S(=O)(=O)Nc2ccc(F)cc2C)cs1. The van der Waals surface area contributed by atoms with Gasteiger partial charge in [0, 0.05) is 16.8 Å². The van der Waals surface area contributed by atoms with E-state index in [2.05, 4.69) is 10.0 Å². The minimum absolute atomic E-state index is 0.226. The maximum atomic E-state index is 13.0. The summed E-state index contributed by atoms with van der Waals surface area (Å²) < 4.78 is 40.1. The van der Waals surface area contributed by atoms with Crippen LogP contribution >= 0.6 is 11.3 Å². The average molecular weight is 328 g/mol. The van der Waals surface area contributed by atoms with Crippen LogP contribution in [-0.2, 0) is 16.6 Å². The number of aryl methyl sites for hydroxylation is 1. The van der Waals surface area contributed by atoms with Gasteiger partial charge in [-0.2, -0.15) is 0 Å². The van der Waals surface area contributed by atoms with E-state index in [9.17, 15) is 12.8 Å². The Hall–Kier alpha value is -1.44. The van der Waals surface area contributed by atoms with Gasteiger partial charge in [0.15, 0.2) is 0 Å². The summed E-state index contributed by atoms with van der Waals surface area (Å²) in [6.45, 7) is 5.12. The molecule has 0 amide bonds. The minimum Gasteiger partial charge on any atom is -0.312 e. The second-order valence-corrected chi connectivity index (χ2v) is 7.27. The molecule has 0 bridgehead atoms. The highest BCUT2D eigenvalue weighted by Crippen LogP contribution is 2.24. The van der Waals surface area contributed by atoms with Crippen LogP contribution in [0.3, 0.4) is 0 Å². The summed E-state index contributed by atoms with van der Waals surface area (Å²) in [6, 6.07) is 5.60. The third-order valence-electron chi connectivity index (χ3n) is 2.92. The van der Waals surface area contributed by atoms with Gasteiger partial charge in [-0.3, -0.25) is 4.72 Å². The van der Waals surface area contributed by atoms with Crippen LogP contribution in [0.1, 0.15) is 17.4 Å². The summed E-state index contributed by atoms with van der Waals surface area (Å²) in [6.07, 6.45) is 0. The van der Waals surface area contributed by atoms with Crippen LogP contribution in [0.4, 0.5) is 10.1 Å². The number of sulfonamides is 1. The van der Waals surface area contributed by atoms with Gasteiger partial charge < -0.3 is 5.32 Å². The fourth-order valence-corrected chi connectivity index (χ4v) is 4.16. The molecular formula is C14H17FN2O2S2. The number of benzene rings is 1. The molecule has 2 N–H and O–H groups in total. The monoisotopic (exact) mass is 328 g/mol. The Bertz CT molecular complexity index is 726. The molecule has 1 aromatic carbocycles. The van der Waals surface area contributed by atoms with Crippen molar-refractivity contribution < 1.29 is 12.8 Å². The molecule has 0 unspecified atom stereocenters. The summed E-state index contributed by atoms with van der Waals surface area (Å²) in [5.41, 5.74) is 0.928. The molecule has 21 heavy (non-hydrogen) atoms. The van der Waals surface area contributed by atoms with E-state index in [1.165, 1.54) is 29.5 Å². The van der Waals surface area contributed by atoms with Gasteiger partial charge >= 0.3 is 0 Å². The zero-order valence-electron chi connectivity index (χ0n) is 11.8. The van der Waals surface area contributed by atoms with E-state index in [-0.39, 0.29) is 10.7 Å². The molecule has 1 heterocycles. The van der Waals surface area contributed by atoms with E-state index in [1.54, 1.807) is 18.4 Å². The van der Waals surface area contributed by atoms with Gasteiger partial charge in [-0.05, 0) is 43.3 Å². The Labute approximate surface area is 128 Å². The first-order chi connectivity index (χ1) is 9.92. The van der Waals surface area contributed by atoms with Gasteiger partial charge in [-0.25, -0.2) is 12.8 Å². The van der Waals surface area contributed by atoms with Crippen molar-refractivity contribution in [3.05, 3.63) is 45.9 Å². The van der Waals surface area contributed by atoms with Gasteiger partial charge in [0.25, 0.3) is 10.0 Å². The molecule has 2 aromatic rings. The van der Waals surface area contributed by atoms with Crippen molar-refractivity contribution in [1.29, 1.82) is 0 Å². The second-order valence-electron chi connectivity index (χ2n) is 4.59. The third kappa shape index (κ3) is 4.03. The quantitative estimate of drug-likeness (QED) is 0.856. The number of halogens is 1. The number of thiophene rings is 1. The third-order valence-corrected chi connectivity index (χ3v) is 5.35. The summed E-state index contributed by atoms with van der Waals surface area (Å²) in [4.78, 5) is 1.18.